The van der Waals surface area contributed by atoms with Crippen LogP contribution >= 0.6 is 0 Å². The van der Waals surface area contributed by atoms with Crippen LogP contribution in [-0.2, 0) is 0 Å². The summed E-state index contributed by atoms with van der Waals surface area (Å²) in [5, 5.41) is 24.5. The zero-order valence-electron chi connectivity index (χ0n) is 17.8. The van der Waals surface area contributed by atoms with Crippen molar-refractivity contribution in [1.29, 1.82) is 0 Å². The number of nitrogens with one attached hydrogen (secondary N) is 3. The van der Waals surface area contributed by atoms with Gasteiger partial charge in [-0.1, -0.05) is 12.1 Å². The van der Waals surface area contributed by atoms with Crippen LogP contribution in [0.1, 0.15) is 37.8 Å². The van der Waals surface area contributed by atoms with Crippen molar-refractivity contribution in [2.24, 2.45) is 0 Å². The fourth-order valence-corrected chi connectivity index (χ4v) is 4.31. The van der Waals surface area contributed by atoms with Crippen LogP contribution in [0.2, 0.25) is 0 Å². The fourth-order valence-electron chi connectivity index (χ4n) is 4.31. The summed E-state index contributed by atoms with van der Waals surface area (Å²) >= 11 is 0. The number of piperidine rings is 1. The number of fused-ring (bicyclic) bond motifs is 1. The zero-order valence-corrected chi connectivity index (χ0v) is 17.8. The maximum absolute atomic E-state index is 12.3. The lowest BCUT2D eigenvalue weighted by molar-refractivity contribution is 0.474. The van der Waals surface area contributed by atoms with Crippen LogP contribution in [0.5, 0.6) is 5.75 Å². The predicted molar refractivity (Wildman–Crippen MR) is 127 cm³/mol. The number of nitrogens with zero attached hydrogens (tertiary/aromatic N) is 2. The third-order valence-electron chi connectivity index (χ3n) is 6.11. The minimum atomic E-state index is -0.544. The second kappa shape index (κ2) is 8.03. The monoisotopic (exact) mass is 431 g/mol. The van der Waals surface area contributed by atoms with Gasteiger partial charge >= 0.3 is 0 Å². The van der Waals surface area contributed by atoms with Crippen LogP contribution in [0, 0.1) is 0 Å². The van der Waals surface area contributed by atoms with Gasteiger partial charge in [0.2, 0.25) is 0 Å². The molecule has 1 atom stereocenters. The molecule has 0 aliphatic carbocycles. The molecule has 0 bridgehead atoms. The summed E-state index contributed by atoms with van der Waals surface area (Å²) < 4.78 is 0. The van der Waals surface area contributed by atoms with Gasteiger partial charge in [-0.3, -0.25) is 14.7 Å². The quantitative estimate of drug-likeness (QED) is 0.344. The molecule has 0 radical (unpaired) electrons. The second-order valence-electron chi connectivity index (χ2n) is 8.35. The van der Waals surface area contributed by atoms with Gasteiger partial charge < -0.3 is 20.6 Å². The Kier molecular flexibility index (Phi) is 5.05. The van der Waals surface area contributed by atoms with E-state index in [0.717, 1.165) is 53.9 Å². The Morgan fingerprint density at radius 1 is 1.03 bits per heavy atom. The average molecular weight is 431 g/mol. The summed E-state index contributed by atoms with van der Waals surface area (Å²) in [6.07, 6.45) is 3.55. The van der Waals surface area contributed by atoms with Crippen molar-refractivity contribution in [3.63, 3.8) is 0 Å². The normalized spacial score (nSPS) is 15.2. The molecule has 8 nitrogen and oxygen atoms in total. The first-order valence-electron chi connectivity index (χ1n) is 10.9. The van der Waals surface area contributed by atoms with E-state index in [4.69, 9.17) is 0 Å². The van der Waals surface area contributed by atoms with E-state index in [1.165, 1.54) is 6.42 Å². The molecule has 1 aromatic heterocycles. The van der Waals surface area contributed by atoms with Crippen molar-refractivity contribution in [2.75, 3.05) is 28.6 Å². The molecule has 0 saturated carbocycles. The number of anilines is 4. The number of aromatic nitrogens is 2. The highest BCUT2D eigenvalue weighted by atomic mass is 16.3. The van der Waals surface area contributed by atoms with Gasteiger partial charge in [0.15, 0.2) is 5.82 Å². The maximum atomic E-state index is 12.3. The SMILES string of the molecule is C[C@@H](Nc1c(Nc2ccc3[nH]nc(N4CCCCC4)c3c2)c(=O)c1=O)c1cccc(O)c1. The van der Waals surface area contributed by atoms with Gasteiger partial charge in [-0.05, 0) is 62.1 Å². The Hall–Kier alpha value is -3.81. The van der Waals surface area contributed by atoms with Crippen LogP contribution in [0.3, 0.4) is 0 Å². The number of H-pyrrole nitrogens is 1. The first-order chi connectivity index (χ1) is 15.5. The second-order valence-corrected chi connectivity index (χ2v) is 8.35. The van der Waals surface area contributed by atoms with Gasteiger partial charge in [0, 0.05) is 30.2 Å². The number of rotatable bonds is 6. The number of aromatic amines is 1. The van der Waals surface area contributed by atoms with E-state index in [1.807, 2.05) is 31.2 Å². The van der Waals surface area contributed by atoms with Crippen molar-refractivity contribution in [3.8, 4) is 5.75 Å². The highest BCUT2D eigenvalue weighted by Gasteiger charge is 2.23. The standard InChI is InChI=1S/C24H25N5O3/c1-14(15-6-5-7-17(30)12-15)25-20-21(23(32)22(20)31)26-16-8-9-19-18(13-16)24(28-27-19)29-10-3-2-4-11-29/h5-9,12-14,25-26,30H,2-4,10-11H2,1H3,(H,27,28)/t14-/m1/s1. The van der Waals surface area contributed by atoms with E-state index in [9.17, 15) is 14.7 Å². The number of benzene rings is 2. The highest BCUT2D eigenvalue weighted by Crippen LogP contribution is 2.31. The van der Waals surface area contributed by atoms with Crippen molar-refractivity contribution < 1.29 is 5.11 Å². The molecule has 4 aromatic rings. The van der Waals surface area contributed by atoms with E-state index in [0.29, 0.717) is 0 Å². The minimum Gasteiger partial charge on any atom is -0.508 e. The smallest absolute Gasteiger partial charge is 0.253 e. The summed E-state index contributed by atoms with van der Waals surface area (Å²) in [5.41, 5.74) is 1.89. The Morgan fingerprint density at radius 3 is 2.59 bits per heavy atom. The van der Waals surface area contributed by atoms with E-state index >= 15 is 0 Å². The van der Waals surface area contributed by atoms with Crippen LogP contribution in [-0.4, -0.2) is 28.4 Å². The summed E-state index contributed by atoms with van der Waals surface area (Å²) in [6, 6.07) is 12.3. The van der Waals surface area contributed by atoms with Crippen molar-refractivity contribution in [2.45, 2.75) is 32.2 Å². The molecule has 0 spiro atoms. The molecule has 5 rings (SSSR count). The molecule has 2 heterocycles. The lowest BCUT2D eigenvalue weighted by Crippen LogP contribution is -2.37. The number of hydrogen-bond acceptors (Lipinski definition) is 7. The summed E-state index contributed by atoms with van der Waals surface area (Å²) in [7, 11) is 0. The topological polar surface area (TPSA) is 110 Å². The molecule has 1 aliphatic rings. The van der Waals surface area contributed by atoms with E-state index in [1.54, 1.807) is 18.2 Å². The molecule has 164 valence electrons. The third kappa shape index (κ3) is 3.57. The van der Waals surface area contributed by atoms with Crippen molar-refractivity contribution >= 4 is 33.8 Å². The number of hydrogen-bond donors (Lipinski definition) is 4. The Morgan fingerprint density at radius 2 is 1.81 bits per heavy atom. The Balaban J connectivity index is 1.40. The minimum absolute atomic E-state index is 0.150. The fraction of sp³-hybridized carbons (Fsp3) is 0.292. The van der Waals surface area contributed by atoms with E-state index in [-0.39, 0.29) is 23.2 Å². The summed E-state index contributed by atoms with van der Waals surface area (Å²) in [6.45, 7) is 3.84. The van der Waals surface area contributed by atoms with Gasteiger partial charge in [0.25, 0.3) is 10.9 Å². The molecular weight excluding hydrogens is 406 g/mol. The first kappa shape index (κ1) is 20.1. The van der Waals surface area contributed by atoms with Gasteiger partial charge in [0.1, 0.15) is 17.1 Å². The lowest BCUT2D eigenvalue weighted by atomic mass is 10.1. The van der Waals surface area contributed by atoms with Crippen LogP contribution in [0.4, 0.5) is 22.9 Å². The van der Waals surface area contributed by atoms with Crippen LogP contribution < -0.4 is 26.4 Å². The van der Waals surface area contributed by atoms with Gasteiger partial charge in [0.05, 0.1) is 5.52 Å². The van der Waals surface area contributed by atoms with Crippen molar-refractivity contribution in [3.05, 3.63) is 68.5 Å². The Bertz CT molecular complexity index is 1350. The van der Waals surface area contributed by atoms with Gasteiger partial charge in [-0.25, -0.2) is 0 Å². The molecule has 8 heteroatoms. The van der Waals surface area contributed by atoms with Crippen LogP contribution in [0.25, 0.3) is 10.9 Å². The van der Waals surface area contributed by atoms with Gasteiger partial charge in [-0.2, -0.15) is 5.10 Å². The average Bonchev–Trinajstić information content (AvgIpc) is 3.24. The molecule has 32 heavy (non-hydrogen) atoms. The zero-order chi connectivity index (χ0) is 22.2. The molecular formula is C24H25N5O3. The predicted octanol–water partition coefficient (Wildman–Crippen LogP) is 3.77. The van der Waals surface area contributed by atoms with E-state index in [2.05, 4.69) is 25.7 Å². The first-order valence-corrected chi connectivity index (χ1v) is 10.9. The summed E-state index contributed by atoms with van der Waals surface area (Å²) in [5.74, 6) is 1.07. The van der Waals surface area contributed by atoms with Gasteiger partial charge in [-0.15, -0.1) is 0 Å². The highest BCUT2D eigenvalue weighted by molar-refractivity contribution is 5.94. The number of aromatic hydroxyl groups is 1. The summed E-state index contributed by atoms with van der Waals surface area (Å²) in [4.78, 5) is 26.8. The van der Waals surface area contributed by atoms with E-state index < -0.39 is 10.9 Å². The Labute approximate surface area is 184 Å². The third-order valence-corrected chi connectivity index (χ3v) is 6.11. The number of phenolic OH excluding ortho intramolecular Hbond substituents is 1. The molecule has 1 aliphatic heterocycles. The number of phenols is 1. The molecule has 1 saturated heterocycles. The molecule has 3 aromatic carbocycles. The maximum Gasteiger partial charge on any atom is 0.253 e. The molecule has 1 fully saturated rings. The molecule has 0 amide bonds. The molecule has 4 N–H and O–H groups in total. The van der Waals surface area contributed by atoms with Crippen molar-refractivity contribution in [1.82, 2.24) is 10.2 Å². The largest absolute Gasteiger partial charge is 0.508 e. The molecule has 0 unspecified atom stereocenters. The van der Waals surface area contributed by atoms with Crippen LogP contribution in [0.15, 0.2) is 52.1 Å². The lowest BCUT2D eigenvalue weighted by Gasteiger charge is -2.26.